The third kappa shape index (κ3) is 4.89. The highest BCUT2D eigenvalue weighted by Crippen LogP contribution is 2.20. The van der Waals surface area contributed by atoms with Crippen molar-refractivity contribution < 1.29 is 14.0 Å². The number of amides is 3. The number of hydrogen-bond donors (Lipinski definition) is 3. The molecule has 3 aromatic carbocycles. The van der Waals surface area contributed by atoms with E-state index < -0.39 is 11.7 Å². The summed E-state index contributed by atoms with van der Waals surface area (Å²) in [6.07, 6.45) is 0. The molecule has 0 aliphatic heterocycles. The van der Waals surface area contributed by atoms with Gasteiger partial charge in [0.1, 0.15) is 5.82 Å². The van der Waals surface area contributed by atoms with Crippen molar-refractivity contribution in [3.8, 4) is 0 Å². The van der Waals surface area contributed by atoms with Gasteiger partial charge in [-0.1, -0.05) is 55.3 Å². The van der Waals surface area contributed by atoms with Gasteiger partial charge in [-0.3, -0.25) is 4.79 Å². The molecule has 0 heterocycles. The summed E-state index contributed by atoms with van der Waals surface area (Å²) in [6.45, 7) is 0.382. The lowest BCUT2D eigenvalue weighted by molar-refractivity contribution is 0.102. The van der Waals surface area contributed by atoms with E-state index in [1.807, 2.05) is 30.3 Å². The fraction of sp³-hybridized carbons (Fsp3) is 0.0476. The highest BCUT2D eigenvalue weighted by Gasteiger charge is 2.13. The zero-order valence-corrected chi connectivity index (χ0v) is 15.7. The van der Waals surface area contributed by atoms with Crippen molar-refractivity contribution in [3.63, 3.8) is 0 Å². The summed E-state index contributed by atoms with van der Waals surface area (Å²) in [7, 11) is 0. The molecule has 5 nitrogen and oxygen atoms in total. The van der Waals surface area contributed by atoms with Gasteiger partial charge in [-0.2, -0.15) is 0 Å². The van der Waals surface area contributed by atoms with Gasteiger partial charge in [-0.05, 0) is 42.0 Å². The van der Waals surface area contributed by atoms with Crippen LogP contribution in [0.5, 0.6) is 0 Å². The highest BCUT2D eigenvalue weighted by molar-refractivity contribution is 7.82. The molecule has 0 bridgehead atoms. The Hall–Kier alpha value is -3.32. The molecule has 0 saturated heterocycles. The van der Waals surface area contributed by atoms with E-state index in [0.717, 1.165) is 5.56 Å². The highest BCUT2D eigenvalue weighted by atomic mass is 32.1. The number of hydrogen-bond acceptors (Lipinski definition) is 3. The predicted molar refractivity (Wildman–Crippen MR) is 111 cm³/mol. The van der Waals surface area contributed by atoms with Gasteiger partial charge in [-0.15, -0.1) is 0 Å². The molecule has 28 heavy (non-hydrogen) atoms. The maximum absolute atomic E-state index is 13.7. The number of urea groups is 1. The standard InChI is InChI=1S/C21H18FN3O2S/c22-19-9-5-4-8-18(19)20(26)24-16-10-12-17(13-11-16)25(28)21(27)23-14-15-6-2-1-3-7-15/h1-13,28H,14H2,(H,23,27)(H,24,26). The van der Waals surface area contributed by atoms with E-state index in [0.29, 0.717) is 17.9 Å². The van der Waals surface area contributed by atoms with Crippen molar-refractivity contribution in [1.82, 2.24) is 5.32 Å². The van der Waals surface area contributed by atoms with Crippen molar-refractivity contribution in [2.45, 2.75) is 6.54 Å². The molecule has 3 rings (SSSR count). The quantitative estimate of drug-likeness (QED) is 0.551. The first kappa shape index (κ1) is 19.4. The van der Waals surface area contributed by atoms with E-state index >= 15 is 0 Å². The minimum Gasteiger partial charge on any atom is -0.333 e. The maximum Gasteiger partial charge on any atom is 0.332 e. The lowest BCUT2D eigenvalue weighted by atomic mass is 10.2. The largest absolute Gasteiger partial charge is 0.333 e. The van der Waals surface area contributed by atoms with Crippen LogP contribution in [0.2, 0.25) is 0 Å². The Labute approximate surface area is 167 Å². The minimum absolute atomic E-state index is 0.0392. The summed E-state index contributed by atoms with van der Waals surface area (Å²) < 4.78 is 14.8. The molecule has 0 aliphatic carbocycles. The Balaban J connectivity index is 1.59. The molecular weight excluding hydrogens is 377 g/mol. The van der Waals surface area contributed by atoms with Crippen LogP contribution in [-0.2, 0) is 6.54 Å². The lowest BCUT2D eigenvalue weighted by Crippen LogP contribution is -2.33. The Morgan fingerprint density at radius 3 is 2.21 bits per heavy atom. The number of benzene rings is 3. The second kappa shape index (κ2) is 9.05. The zero-order chi connectivity index (χ0) is 19.9. The van der Waals surface area contributed by atoms with Crippen LogP contribution in [0.4, 0.5) is 20.6 Å². The van der Waals surface area contributed by atoms with Gasteiger partial charge in [0.05, 0.1) is 11.3 Å². The van der Waals surface area contributed by atoms with Gasteiger partial charge in [-0.25, -0.2) is 13.5 Å². The first-order valence-corrected chi connectivity index (χ1v) is 8.91. The molecule has 7 heteroatoms. The first-order valence-electron chi connectivity index (χ1n) is 8.51. The molecule has 3 amide bonds. The number of rotatable bonds is 5. The van der Waals surface area contributed by atoms with Crippen LogP contribution < -0.4 is 14.9 Å². The van der Waals surface area contributed by atoms with Crippen LogP contribution in [-0.4, -0.2) is 11.9 Å². The first-order chi connectivity index (χ1) is 13.5. The molecule has 0 aliphatic rings. The fourth-order valence-corrected chi connectivity index (χ4v) is 2.70. The van der Waals surface area contributed by atoms with Gasteiger partial charge in [0.15, 0.2) is 0 Å². The van der Waals surface area contributed by atoms with Crippen LogP contribution in [0, 0.1) is 5.82 Å². The van der Waals surface area contributed by atoms with Crippen LogP contribution in [0.1, 0.15) is 15.9 Å². The van der Waals surface area contributed by atoms with E-state index in [1.54, 1.807) is 30.3 Å². The van der Waals surface area contributed by atoms with Crippen LogP contribution in [0.25, 0.3) is 0 Å². The Morgan fingerprint density at radius 2 is 1.54 bits per heavy atom. The van der Waals surface area contributed by atoms with Gasteiger partial charge in [0, 0.05) is 12.2 Å². The van der Waals surface area contributed by atoms with E-state index in [9.17, 15) is 14.0 Å². The number of thiol groups is 1. The van der Waals surface area contributed by atoms with Crippen molar-refractivity contribution in [2.24, 2.45) is 0 Å². The number of halogens is 1. The Kier molecular flexibility index (Phi) is 6.29. The van der Waals surface area contributed by atoms with E-state index in [2.05, 4.69) is 23.4 Å². The molecule has 0 atom stereocenters. The molecule has 0 aromatic heterocycles. The molecule has 0 spiro atoms. The molecule has 0 radical (unpaired) electrons. The smallest absolute Gasteiger partial charge is 0.332 e. The van der Waals surface area contributed by atoms with Gasteiger partial charge in [0.2, 0.25) is 0 Å². The molecule has 0 fully saturated rings. The number of nitrogens with zero attached hydrogens (tertiary/aromatic N) is 1. The molecule has 3 aromatic rings. The van der Waals surface area contributed by atoms with Gasteiger partial charge >= 0.3 is 6.03 Å². The predicted octanol–water partition coefficient (Wildman–Crippen LogP) is 4.64. The molecule has 142 valence electrons. The summed E-state index contributed by atoms with van der Waals surface area (Å²) in [5, 5.41) is 5.39. The fourth-order valence-electron chi connectivity index (χ4n) is 2.50. The van der Waals surface area contributed by atoms with E-state index in [-0.39, 0.29) is 11.6 Å². The second-order valence-corrected chi connectivity index (χ2v) is 6.34. The SMILES string of the molecule is O=C(Nc1ccc(N(S)C(=O)NCc2ccccc2)cc1)c1ccccc1F. The summed E-state index contributed by atoms with van der Waals surface area (Å²) in [4.78, 5) is 24.4. The third-order valence-electron chi connectivity index (χ3n) is 3.97. The summed E-state index contributed by atoms with van der Waals surface area (Å²) in [5.41, 5.74) is 1.94. The van der Waals surface area contributed by atoms with Crippen LogP contribution in [0.3, 0.4) is 0 Å². The average molecular weight is 395 g/mol. The van der Waals surface area contributed by atoms with Crippen molar-refractivity contribution >= 4 is 36.1 Å². The van der Waals surface area contributed by atoms with Crippen molar-refractivity contribution in [2.75, 3.05) is 9.62 Å². The molecule has 2 N–H and O–H groups in total. The summed E-state index contributed by atoms with van der Waals surface area (Å²) >= 11 is 4.22. The lowest BCUT2D eigenvalue weighted by Gasteiger charge is -2.17. The Bertz CT molecular complexity index is 965. The van der Waals surface area contributed by atoms with Crippen LogP contribution in [0.15, 0.2) is 78.9 Å². The molecular formula is C21H18FN3O2S. The summed E-state index contributed by atoms with van der Waals surface area (Å²) in [5.74, 6) is -1.14. The van der Waals surface area contributed by atoms with E-state index in [4.69, 9.17) is 0 Å². The number of carbonyl (C=O) groups is 2. The van der Waals surface area contributed by atoms with Crippen molar-refractivity contribution in [3.05, 3.63) is 95.8 Å². The topological polar surface area (TPSA) is 61.4 Å². The number of anilines is 2. The normalized spacial score (nSPS) is 10.2. The van der Waals surface area contributed by atoms with Gasteiger partial charge in [0.25, 0.3) is 5.91 Å². The zero-order valence-electron chi connectivity index (χ0n) is 14.8. The summed E-state index contributed by atoms with van der Waals surface area (Å²) in [6, 6.07) is 21.4. The van der Waals surface area contributed by atoms with Gasteiger partial charge < -0.3 is 10.6 Å². The number of nitrogens with one attached hydrogen (secondary N) is 2. The van der Waals surface area contributed by atoms with Crippen molar-refractivity contribution in [1.29, 1.82) is 0 Å². The minimum atomic E-state index is -0.590. The van der Waals surface area contributed by atoms with Crippen LogP contribution >= 0.6 is 12.8 Å². The Morgan fingerprint density at radius 1 is 0.893 bits per heavy atom. The third-order valence-corrected chi connectivity index (χ3v) is 4.38. The number of carbonyl (C=O) groups excluding carboxylic acids is 2. The average Bonchev–Trinajstić information content (AvgIpc) is 2.73. The van der Waals surface area contributed by atoms with E-state index in [1.165, 1.54) is 22.5 Å². The molecule has 0 saturated carbocycles. The molecule has 0 unspecified atom stereocenters. The second-order valence-electron chi connectivity index (χ2n) is 5.94. The maximum atomic E-state index is 13.7. The monoisotopic (exact) mass is 395 g/mol.